The van der Waals surface area contributed by atoms with Crippen LogP contribution in [-0.4, -0.2) is 21.9 Å². The third kappa shape index (κ3) is 2.77. The highest BCUT2D eigenvalue weighted by atomic mass is 35.5. The topological polar surface area (TPSA) is 72.9 Å². The number of anilines is 1. The van der Waals surface area contributed by atoms with Gasteiger partial charge in [0.25, 0.3) is 5.56 Å². The SMILES string of the molecule is NC1CCCC1Nc1c(Cl)cnn(CC2CC2)c1=O. The van der Waals surface area contributed by atoms with Crippen LogP contribution in [0.4, 0.5) is 5.69 Å². The first-order chi connectivity index (χ1) is 9.15. The molecule has 1 heterocycles. The van der Waals surface area contributed by atoms with Gasteiger partial charge in [-0.25, -0.2) is 4.68 Å². The van der Waals surface area contributed by atoms with E-state index in [4.69, 9.17) is 17.3 Å². The molecule has 2 fully saturated rings. The molecule has 1 aromatic rings. The molecule has 2 aliphatic rings. The van der Waals surface area contributed by atoms with Crippen molar-refractivity contribution >= 4 is 17.3 Å². The average molecular weight is 283 g/mol. The van der Waals surface area contributed by atoms with Crippen molar-refractivity contribution in [1.82, 2.24) is 9.78 Å². The molecule has 5 nitrogen and oxygen atoms in total. The highest BCUT2D eigenvalue weighted by molar-refractivity contribution is 6.33. The number of rotatable bonds is 4. The molecule has 0 radical (unpaired) electrons. The van der Waals surface area contributed by atoms with Crippen molar-refractivity contribution in [3.63, 3.8) is 0 Å². The van der Waals surface area contributed by atoms with Crippen molar-refractivity contribution in [2.24, 2.45) is 11.7 Å². The van der Waals surface area contributed by atoms with Gasteiger partial charge in [-0.2, -0.15) is 5.10 Å². The minimum absolute atomic E-state index is 0.0977. The summed E-state index contributed by atoms with van der Waals surface area (Å²) in [6, 6.07) is 0.238. The Bertz CT molecular complexity index is 526. The highest BCUT2D eigenvalue weighted by Gasteiger charge is 2.27. The van der Waals surface area contributed by atoms with Crippen LogP contribution in [0.25, 0.3) is 0 Å². The van der Waals surface area contributed by atoms with E-state index in [0.717, 1.165) is 19.3 Å². The quantitative estimate of drug-likeness (QED) is 0.880. The maximum atomic E-state index is 12.4. The Morgan fingerprint density at radius 1 is 1.42 bits per heavy atom. The van der Waals surface area contributed by atoms with Crippen molar-refractivity contribution < 1.29 is 0 Å². The molecule has 3 rings (SSSR count). The number of halogens is 1. The number of nitrogens with one attached hydrogen (secondary N) is 1. The first-order valence-corrected chi connectivity index (χ1v) is 7.30. The summed E-state index contributed by atoms with van der Waals surface area (Å²) >= 11 is 6.10. The standard InChI is InChI=1S/C13H19ClN4O/c14-9-6-16-18(7-8-4-5-8)13(19)12(9)17-11-3-1-2-10(11)15/h6,8,10-11,17H,1-5,7,15H2. The van der Waals surface area contributed by atoms with Crippen LogP contribution in [0.5, 0.6) is 0 Å². The molecule has 1 aromatic heterocycles. The molecule has 104 valence electrons. The van der Waals surface area contributed by atoms with Gasteiger partial charge in [-0.15, -0.1) is 0 Å². The first-order valence-electron chi connectivity index (χ1n) is 6.93. The van der Waals surface area contributed by atoms with Gasteiger partial charge in [0, 0.05) is 18.6 Å². The van der Waals surface area contributed by atoms with Gasteiger partial charge in [-0.3, -0.25) is 4.79 Å². The van der Waals surface area contributed by atoms with Crippen LogP contribution < -0.4 is 16.6 Å². The zero-order valence-corrected chi connectivity index (χ0v) is 11.6. The Morgan fingerprint density at radius 2 is 2.21 bits per heavy atom. The van der Waals surface area contributed by atoms with Gasteiger partial charge in [-0.1, -0.05) is 11.6 Å². The van der Waals surface area contributed by atoms with Gasteiger partial charge in [0.15, 0.2) is 0 Å². The van der Waals surface area contributed by atoms with Crippen LogP contribution in [-0.2, 0) is 6.54 Å². The number of nitrogens with zero attached hydrogens (tertiary/aromatic N) is 2. The van der Waals surface area contributed by atoms with Crippen LogP contribution in [0.3, 0.4) is 0 Å². The fourth-order valence-corrected chi connectivity index (χ4v) is 2.81. The molecule has 0 saturated heterocycles. The molecule has 2 saturated carbocycles. The summed E-state index contributed by atoms with van der Waals surface area (Å²) < 4.78 is 1.52. The lowest BCUT2D eigenvalue weighted by molar-refractivity contribution is 0.532. The number of hydrogen-bond donors (Lipinski definition) is 2. The molecule has 0 bridgehead atoms. The van der Waals surface area contributed by atoms with Crippen LogP contribution in [0.1, 0.15) is 32.1 Å². The Kier molecular flexibility index (Phi) is 3.50. The van der Waals surface area contributed by atoms with Gasteiger partial charge in [0.1, 0.15) is 5.69 Å². The van der Waals surface area contributed by atoms with E-state index >= 15 is 0 Å². The molecule has 2 atom stereocenters. The van der Waals surface area contributed by atoms with Crippen molar-refractivity contribution in [3.8, 4) is 0 Å². The lowest BCUT2D eigenvalue weighted by atomic mass is 10.2. The van der Waals surface area contributed by atoms with E-state index < -0.39 is 0 Å². The molecule has 0 spiro atoms. The molecular formula is C13H19ClN4O. The van der Waals surface area contributed by atoms with E-state index in [2.05, 4.69) is 10.4 Å². The van der Waals surface area contributed by atoms with Crippen molar-refractivity contribution in [2.75, 3.05) is 5.32 Å². The number of aromatic nitrogens is 2. The number of hydrogen-bond acceptors (Lipinski definition) is 4. The minimum Gasteiger partial charge on any atom is -0.375 e. The van der Waals surface area contributed by atoms with E-state index in [9.17, 15) is 4.79 Å². The van der Waals surface area contributed by atoms with Crippen LogP contribution >= 0.6 is 11.6 Å². The van der Waals surface area contributed by atoms with Crippen LogP contribution in [0.15, 0.2) is 11.0 Å². The fourth-order valence-electron chi connectivity index (χ4n) is 2.63. The summed E-state index contributed by atoms with van der Waals surface area (Å²) in [6.07, 6.45) is 7.00. The number of nitrogens with two attached hydrogens (primary N) is 1. The lowest BCUT2D eigenvalue weighted by Gasteiger charge is -2.19. The second-order valence-electron chi connectivity index (χ2n) is 5.64. The maximum absolute atomic E-state index is 12.4. The van der Waals surface area contributed by atoms with Gasteiger partial charge in [-0.05, 0) is 38.0 Å². The van der Waals surface area contributed by atoms with Crippen LogP contribution in [0.2, 0.25) is 5.02 Å². The maximum Gasteiger partial charge on any atom is 0.291 e. The minimum atomic E-state index is -0.126. The second kappa shape index (κ2) is 5.13. The molecular weight excluding hydrogens is 264 g/mol. The molecule has 0 aromatic carbocycles. The molecule has 19 heavy (non-hydrogen) atoms. The second-order valence-corrected chi connectivity index (χ2v) is 6.05. The lowest BCUT2D eigenvalue weighted by Crippen LogP contribution is -2.38. The predicted octanol–water partition coefficient (Wildman–Crippen LogP) is 1.60. The molecule has 0 amide bonds. The van der Waals surface area contributed by atoms with Crippen LogP contribution in [0, 0.1) is 5.92 Å². The molecule has 2 unspecified atom stereocenters. The van der Waals surface area contributed by atoms with E-state index in [-0.39, 0.29) is 17.6 Å². The molecule has 0 aliphatic heterocycles. The van der Waals surface area contributed by atoms with E-state index in [1.165, 1.54) is 17.5 Å². The smallest absolute Gasteiger partial charge is 0.291 e. The molecule has 3 N–H and O–H groups in total. The molecule has 2 aliphatic carbocycles. The summed E-state index contributed by atoms with van der Waals surface area (Å²) in [6.45, 7) is 0.696. The summed E-state index contributed by atoms with van der Waals surface area (Å²) in [5.74, 6) is 0.605. The van der Waals surface area contributed by atoms with Gasteiger partial charge in [0.05, 0.1) is 11.2 Å². The van der Waals surface area contributed by atoms with Crippen molar-refractivity contribution in [1.29, 1.82) is 0 Å². The summed E-state index contributed by atoms with van der Waals surface area (Å²) in [7, 11) is 0. The first kappa shape index (κ1) is 12.9. The van der Waals surface area contributed by atoms with Gasteiger partial charge < -0.3 is 11.1 Å². The van der Waals surface area contributed by atoms with E-state index in [1.807, 2.05) is 0 Å². The molecule has 6 heteroatoms. The average Bonchev–Trinajstić information content (AvgIpc) is 3.11. The van der Waals surface area contributed by atoms with Gasteiger partial charge in [0.2, 0.25) is 0 Å². The summed E-state index contributed by atoms with van der Waals surface area (Å²) in [5, 5.41) is 7.73. The Balaban J connectivity index is 1.84. The van der Waals surface area contributed by atoms with Gasteiger partial charge >= 0.3 is 0 Å². The Morgan fingerprint density at radius 3 is 2.84 bits per heavy atom. The van der Waals surface area contributed by atoms with Crippen molar-refractivity contribution in [3.05, 3.63) is 21.6 Å². The third-order valence-electron chi connectivity index (χ3n) is 4.02. The largest absolute Gasteiger partial charge is 0.375 e. The monoisotopic (exact) mass is 282 g/mol. The zero-order chi connectivity index (χ0) is 13.4. The normalized spacial score (nSPS) is 26.6. The van der Waals surface area contributed by atoms with E-state index in [0.29, 0.717) is 23.2 Å². The Hall–Kier alpha value is -1.07. The highest BCUT2D eigenvalue weighted by Crippen LogP contribution is 2.30. The summed E-state index contributed by atoms with van der Waals surface area (Å²) in [4.78, 5) is 12.4. The fraction of sp³-hybridized carbons (Fsp3) is 0.692. The summed E-state index contributed by atoms with van der Waals surface area (Å²) in [5.41, 5.74) is 6.36. The predicted molar refractivity (Wildman–Crippen MR) is 75.5 cm³/mol. The zero-order valence-electron chi connectivity index (χ0n) is 10.8. The third-order valence-corrected chi connectivity index (χ3v) is 4.31. The Labute approximate surface area is 117 Å². The van der Waals surface area contributed by atoms with E-state index in [1.54, 1.807) is 6.20 Å². The van der Waals surface area contributed by atoms with Crippen molar-refractivity contribution in [2.45, 2.75) is 50.7 Å².